The first-order valence-electron chi connectivity index (χ1n) is 14.0. The number of rotatable bonds is 11. The molecule has 0 bridgehead atoms. The van der Waals surface area contributed by atoms with Gasteiger partial charge in [-0.2, -0.15) is 0 Å². The summed E-state index contributed by atoms with van der Waals surface area (Å²) in [5, 5.41) is 11.5. The van der Waals surface area contributed by atoms with Crippen LogP contribution in [0.25, 0.3) is 10.9 Å². The van der Waals surface area contributed by atoms with Crippen LogP contribution >= 0.6 is 0 Å². The molecule has 0 unspecified atom stereocenters. The predicted octanol–water partition coefficient (Wildman–Crippen LogP) is 5.51. The third-order valence-corrected chi connectivity index (χ3v) is 11.8. The van der Waals surface area contributed by atoms with Gasteiger partial charge in [-0.15, -0.1) is 5.10 Å². The van der Waals surface area contributed by atoms with Crippen LogP contribution in [-0.2, 0) is 16.9 Å². The van der Waals surface area contributed by atoms with Gasteiger partial charge in [0.1, 0.15) is 6.54 Å². The number of nitrogens with zero attached hydrogens (tertiary/aromatic N) is 6. The Morgan fingerprint density at radius 3 is 2.44 bits per heavy atom. The molecule has 0 spiro atoms. The highest BCUT2D eigenvalue weighted by atomic mass is 28.4. The molecule has 2 N–H and O–H groups in total. The lowest BCUT2D eigenvalue weighted by Crippen LogP contribution is -2.40. The summed E-state index contributed by atoms with van der Waals surface area (Å²) in [7, 11) is -2.36. The van der Waals surface area contributed by atoms with Gasteiger partial charge in [0.2, 0.25) is 5.91 Å². The van der Waals surface area contributed by atoms with Gasteiger partial charge in [-0.1, -0.05) is 32.9 Å². The van der Waals surface area contributed by atoms with Crippen molar-refractivity contribution >= 4 is 36.6 Å². The molecule has 4 rings (SSSR count). The van der Waals surface area contributed by atoms with Crippen molar-refractivity contribution in [2.45, 2.75) is 90.5 Å². The highest BCUT2D eigenvalue weighted by Crippen LogP contribution is 2.43. The van der Waals surface area contributed by atoms with E-state index in [-0.39, 0.29) is 34.7 Å². The van der Waals surface area contributed by atoms with Gasteiger partial charge < -0.3 is 14.7 Å². The maximum absolute atomic E-state index is 13.8. The molecule has 0 aliphatic carbocycles. The zero-order valence-corrected chi connectivity index (χ0v) is 26.3. The van der Waals surface area contributed by atoms with Crippen LogP contribution < -0.4 is 5.32 Å². The van der Waals surface area contributed by atoms with Crippen molar-refractivity contribution in [1.29, 1.82) is 0 Å². The molecule has 10 nitrogen and oxygen atoms in total. The van der Waals surface area contributed by atoms with E-state index in [2.05, 4.69) is 57.9 Å². The fraction of sp³-hybridized carbons (Fsp3) is 0.467. The van der Waals surface area contributed by atoms with Crippen molar-refractivity contribution in [3.8, 4) is 0 Å². The third-order valence-electron chi connectivity index (χ3n) is 8.26. The number of amides is 1. The summed E-state index contributed by atoms with van der Waals surface area (Å²) >= 11 is 0. The summed E-state index contributed by atoms with van der Waals surface area (Å²) in [5.74, 6) is -0.286. The van der Waals surface area contributed by atoms with Crippen LogP contribution in [0.5, 0.6) is 0 Å². The van der Waals surface area contributed by atoms with Crippen LogP contribution in [-0.4, -0.2) is 54.3 Å². The predicted molar refractivity (Wildman–Crippen MR) is 162 cm³/mol. The second-order valence-corrected chi connectivity index (χ2v) is 17.4. The van der Waals surface area contributed by atoms with Gasteiger partial charge in [0.25, 0.3) is 0 Å². The van der Waals surface area contributed by atoms with E-state index < -0.39 is 8.32 Å². The molecule has 0 fully saturated rings. The quantitative estimate of drug-likeness (QED) is 0.178. The summed E-state index contributed by atoms with van der Waals surface area (Å²) in [6.07, 6.45) is 11.8. The lowest BCUT2D eigenvalue weighted by molar-refractivity contribution is -0.116. The standard InChI is InChI=1S/C30H41N7O3Si/c1-20(2)25-18-36(35-34-25)19-27(38)33-22-13-21(14-32-15-22)28(39)24-17-37(26-9-12-31-16-23(24)26)29(3,4)10-11-30(5,6)41(7,8)40/h9,12-18,20,40H,10-11,19H2,1-8H3,(H,33,38). The van der Waals surface area contributed by atoms with Crippen molar-refractivity contribution in [1.82, 2.24) is 29.5 Å². The van der Waals surface area contributed by atoms with Crippen LogP contribution in [0.1, 0.15) is 81.9 Å². The Morgan fingerprint density at radius 1 is 1.05 bits per heavy atom. The molecule has 0 aliphatic heterocycles. The normalized spacial score (nSPS) is 12.7. The smallest absolute Gasteiger partial charge is 0.246 e. The van der Waals surface area contributed by atoms with Gasteiger partial charge in [0.05, 0.1) is 23.1 Å². The number of anilines is 1. The molecule has 41 heavy (non-hydrogen) atoms. The van der Waals surface area contributed by atoms with Crippen LogP contribution in [0.3, 0.4) is 0 Å². The Balaban J connectivity index is 1.57. The first kappa shape index (κ1) is 30.3. The summed E-state index contributed by atoms with van der Waals surface area (Å²) in [4.78, 5) is 45.8. The zero-order chi connectivity index (χ0) is 30.2. The Hall–Kier alpha value is -3.70. The number of pyridine rings is 2. The first-order valence-corrected chi connectivity index (χ1v) is 16.9. The summed E-state index contributed by atoms with van der Waals surface area (Å²) in [6, 6.07) is 3.56. The fourth-order valence-electron chi connectivity index (χ4n) is 4.59. The van der Waals surface area contributed by atoms with E-state index in [1.165, 1.54) is 17.1 Å². The average Bonchev–Trinajstić information content (AvgIpc) is 3.52. The maximum Gasteiger partial charge on any atom is 0.246 e. The van der Waals surface area contributed by atoms with Gasteiger partial charge >= 0.3 is 0 Å². The van der Waals surface area contributed by atoms with Gasteiger partial charge in [0.15, 0.2) is 14.1 Å². The van der Waals surface area contributed by atoms with Gasteiger partial charge in [-0.05, 0) is 62.9 Å². The zero-order valence-electron chi connectivity index (χ0n) is 25.3. The van der Waals surface area contributed by atoms with Gasteiger partial charge in [-0.3, -0.25) is 19.6 Å². The molecule has 4 aromatic rings. The van der Waals surface area contributed by atoms with Crippen molar-refractivity contribution < 1.29 is 14.4 Å². The molecule has 0 radical (unpaired) electrons. The van der Waals surface area contributed by atoms with Crippen LogP contribution in [0.4, 0.5) is 5.69 Å². The Labute approximate surface area is 242 Å². The molecule has 0 aliphatic rings. The van der Waals surface area contributed by atoms with Gasteiger partial charge in [0, 0.05) is 53.0 Å². The van der Waals surface area contributed by atoms with Crippen molar-refractivity contribution in [3.05, 3.63) is 66.1 Å². The minimum atomic E-state index is -2.36. The lowest BCUT2D eigenvalue weighted by Gasteiger charge is -2.38. The second-order valence-electron chi connectivity index (χ2n) is 12.9. The molecule has 218 valence electrons. The van der Waals surface area contributed by atoms with E-state index >= 15 is 0 Å². The molecular formula is C30H41N7O3Si. The molecule has 0 atom stereocenters. The minimum Gasteiger partial charge on any atom is -0.432 e. The van der Waals surface area contributed by atoms with Crippen LogP contribution in [0.15, 0.2) is 49.3 Å². The van der Waals surface area contributed by atoms with Crippen molar-refractivity contribution in [2.75, 3.05) is 5.32 Å². The maximum atomic E-state index is 13.8. The van der Waals surface area contributed by atoms with E-state index in [4.69, 9.17) is 0 Å². The first-order chi connectivity index (χ1) is 19.1. The Kier molecular flexibility index (Phi) is 8.33. The van der Waals surface area contributed by atoms with E-state index in [0.717, 1.165) is 29.4 Å². The minimum absolute atomic E-state index is 0.00110. The topological polar surface area (TPSA) is 128 Å². The number of aromatic nitrogens is 6. The van der Waals surface area contributed by atoms with Crippen molar-refractivity contribution in [3.63, 3.8) is 0 Å². The highest BCUT2D eigenvalue weighted by molar-refractivity contribution is 6.72. The second kappa shape index (κ2) is 11.3. The SMILES string of the molecule is CC(C)c1cn(CC(=O)Nc2cncc(C(=O)c3cn(C(C)(C)CCC(C)(C)[Si](C)(C)O)c4ccncc34)c2)nn1. The molecule has 4 heterocycles. The number of fused-ring (bicyclic) bond motifs is 1. The number of carbonyl (C=O) groups is 2. The number of nitrogens with one attached hydrogen (secondary N) is 1. The lowest BCUT2D eigenvalue weighted by atomic mass is 9.93. The van der Waals surface area contributed by atoms with Crippen molar-refractivity contribution in [2.24, 2.45) is 0 Å². The molecule has 11 heteroatoms. The summed E-state index contributed by atoms with van der Waals surface area (Å²) in [6.45, 7) is 16.6. The van der Waals surface area contributed by atoms with Gasteiger partial charge in [-0.25, -0.2) is 4.68 Å². The number of hydrogen-bond acceptors (Lipinski definition) is 7. The number of ketones is 1. The Bertz CT molecular complexity index is 1560. The third kappa shape index (κ3) is 6.62. The average molecular weight is 576 g/mol. The highest BCUT2D eigenvalue weighted by Gasteiger charge is 2.39. The monoisotopic (exact) mass is 575 g/mol. The fourth-order valence-corrected chi connectivity index (χ4v) is 5.33. The Morgan fingerprint density at radius 2 is 1.78 bits per heavy atom. The molecule has 0 saturated carbocycles. The molecule has 1 amide bonds. The van der Waals surface area contributed by atoms with E-state index in [1.54, 1.807) is 24.7 Å². The molecular weight excluding hydrogens is 534 g/mol. The number of hydrogen-bond donors (Lipinski definition) is 2. The number of carbonyl (C=O) groups excluding carboxylic acids is 2. The largest absolute Gasteiger partial charge is 0.432 e. The van der Waals surface area contributed by atoms with Crippen LogP contribution in [0.2, 0.25) is 18.1 Å². The molecule has 0 aromatic carbocycles. The summed E-state index contributed by atoms with van der Waals surface area (Å²) < 4.78 is 3.63. The van der Waals surface area contributed by atoms with E-state index in [0.29, 0.717) is 16.8 Å². The van der Waals surface area contributed by atoms with Crippen LogP contribution in [0, 0.1) is 0 Å². The summed E-state index contributed by atoms with van der Waals surface area (Å²) in [5.41, 5.74) is 2.71. The molecule has 4 aromatic heterocycles. The van der Waals surface area contributed by atoms with E-state index in [1.807, 2.05) is 39.2 Å². The molecule has 0 saturated heterocycles. The van der Waals surface area contributed by atoms with E-state index in [9.17, 15) is 14.4 Å².